The first kappa shape index (κ1) is 11.8. The summed E-state index contributed by atoms with van der Waals surface area (Å²) in [6.07, 6.45) is 3.58. The van der Waals surface area contributed by atoms with Gasteiger partial charge in [0, 0.05) is 11.6 Å². The van der Waals surface area contributed by atoms with Crippen LogP contribution in [-0.4, -0.2) is 15.9 Å². The lowest BCUT2D eigenvalue weighted by atomic mass is 10.2. The van der Waals surface area contributed by atoms with E-state index in [9.17, 15) is 9.18 Å². The summed E-state index contributed by atoms with van der Waals surface area (Å²) in [6, 6.07) is 7.71. The van der Waals surface area contributed by atoms with Crippen molar-refractivity contribution in [3.8, 4) is 0 Å². The number of nitrogens with one attached hydrogen (secondary N) is 1. The third-order valence-electron chi connectivity index (χ3n) is 3.04. The van der Waals surface area contributed by atoms with E-state index in [1.54, 1.807) is 18.2 Å². The van der Waals surface area contributed by atoms with Gasteiger partial charge in [0.25, 0.3) is 5.91 Å². The molecule has 96 valence electrons. The van der Waals surface area contributed by atoms with Crippen LogP contribution in [0.25, 0.3) is 0 Å². The van der Waals surface area contributed by atoms with Gasteiger partial charge in [-0.15, -0.1) is 0 Å². The number of aromatic nitrogens is 2. The highest BCUT2D eigenvalue weighted by Crippen LogP contribution is 2.38. The summed E-state index contributed by atoms with van der Waals surface area (Å²) in [7, 11) is 0. The molecule has 3 rings (SSSR count). The molecule has 0 bridgehead atoms. The number of rotatable bonds is 3. The van der Waals surface area contributed by atoms with Crippen molar-refractivity contribution >= 4 is 11.6 Å². The Morgan fingerprint density at radius 3 is 2.79 bits per heavy atom. The lowest BCUT2D eigenvalue weighted by Gasteiger charge is -2.06. The number of para-hydroxylation sites is 1. The van der Waals surface area contributed by atoms with Gasteiger partial charge in [-0.25, -0.2) is 14.4 Å². The zero-order chi connectivity index (χ0) is 13.2. The van der Waals surface area contributed by atoms with Crippen LogP contribution in [0.3, 0.4) is 0 Å². The molecule has 0 atom stereocenters. The molecular weight excluding hydrogens is 245 g/mol. The number of benzene rings is 1. The zero-order valence-electron chi connectivity index (χ0n) is 10.1. The number of anilines is 1. The molecule has 19 heavy (non-hydrogen) atoms. The van der Waals surface area contributed by atoms with E-state index in [-0.39, 0.29) is 11.4 Å². The fourth-order valence-corrected chi connectivity index (χ4v) is 1.85. The van der Waals surface area contributed by atoms with E-state index < -0.39 is 11.7 Å². The van der Waals surface area contributed by atoms with E-state index in [4.69, 9.17) is 0 Å². The Kier molecular flexibility index (Phi) is 2.95. The summed E-state index contributed by atoms with van der Waals surface area (Å²) >= 11 is 0. The predicted octanol–water partition coefficient (Wildman–Crippen LogP) is 2.75. The summed E-state index contributed by atoms with van der Waals surface area (Å²) in [5.41, 5.74) is 1.30. The molecule has 1 aromatic carbocycles. The van der Waals surface area contributed by atoms with Gasteiger partial charge < -0.3 is 5.32 Å². The minimum absolute atomic E-state index is 0.152. The molecule has 1 N–H and O–H groups in total. The van der Waals surface area contributed by atoms with Gasteiger partial charge in [0.05, 0.1) is 5.69 Å². The van der Waals surface area contributed by atoms with Crippen molar-refractivity contribution < 1.29 is 9.18 Å². The number of hydrogen-bond acceptors (Lipinski definition) is 3. The Morgan fingerprint density at radius 2 is 2.05 bits per heavy atom. The van der Waals surface area contributed by atoms with Crippen LogP contribution in [0.1, 0.15) is 34.9 Å². The molecule has 1 aliphatic carbocycles. The largest absolute Gasteiger partial charge is 0.318 e. The van der Waals surface area contributed by atoms with Crippen LogP contribution in [0, 0.1) is 5.82 Å². The van der Waals surface area contributed by atoms with Crippen molar-refractivity contribution in [2.45, 2.75) is 18.8 Å². The lowest BCUT2D eigenvalue weighted by molar-refractivity contribution is 0.102. The standard InChI is InChI=1S/C14H12FN3O/c15-10-3-1-2-4-11(10)18-14(19)13-7-12(9-5-6-9)16-8-17-13/h1-4,7-9H,5-6H2,(H,18,19). The highest BCUT2D eigenvalue weighted by molar-refractivity contribution is 6.02. The van der Waals surface area contributed by atoms with Gasteiger partial charge >= 0.3 is 0 Å². The highest BCUT2D eigenvalue weighted by Gasteiger charge is 2.26. The minimum atomic E-state index is -0.465. The van der Waals surface area contributed by atoms with Crippen LogP contribution in [0.4, 0.5) is 10.1 Å². The van der Waals surface area contributed by atoms with Gasteiger partial charge in [-0.2, -0.15) is 0 Å². The summed E-state index contributed by atoms with van der Waals surface area (Å²) in [5, 5.41) is 2.51. The lowest BCUT2D eigenvalue weighted by Crippen LogP contribution is -2.15. The Morgan fingerprint density at radius 1 is 1.26 bits per heavy atom. The maximum atomic E-state index is 13.4. The van der Waals surface area contributed by atoms with Gasteiger partial charge in [-0.3, -0.25) is 4.79 Å². The average molecular weight is 257 g/mol. The summed E-state index contributed by atoms with van der Waals surface area (Å²) in [6.45, 7) is 0. The third-order valence-corrected chi connectivity index (χ3v) is 3.04. The quantitative estimate of drug-likeness (QED) is 0.919. The summed E-state index contributed by atoms with van der Waals surface area (Å²) in [4.78, 5) is 20.1. The molecule has 1 aliphatic rings. The molecule has 0 unspecified atom stereocenters. The number of carbonyl (C=O) groups is 1. The monoisotopic (exact) mass is 257 g/mol. The van der Waals surface area contributed by atoms with Crippen molar-refractivity contribution in [3.63, 3.8) is 0 Å². The fraction of sp³-hybridized carbons (Fsp3) is 0.214. The molecule has 0 saturated heterocycles. The van der Waals surface area contributed by atoms with E-state index in [1.807, 2.05) is 0 Å². The molecule has 1 amide bonds. The second-order valence-corrected chi connectivity index (χ2v) is 4.54. The second kappa shape index (κ2) is 4.76. The molecule has 1 aromatic heterocycles. The van der Waals surface area contributed by atoms with Gasteiger partial charge in [-0.1, -0.05) is 12.1 Å². The maximum Gasteiger partial charge on any atom is 0.274 e. The SMILES string of the molecule is O=C(Nc1ccccc1F)c1cc(C2CC2)ncn1. The first-order valence-corrected chi connectivity index (χ1v) is 6.12. The van der Waals surface area contributed by atoms with Crippen LogP contribution >= 0.6 is 0 Å². The Hall–Kier alpha value is -2.30. The van der Waals surface area contributed by atoms with Crippen molar-refractivity contribution in [1.82, 2.24) is 9.97 Å². The molecule has 5 heteroatoms. The smallest absolute Gasteiger partial charge is 0.274 e. The molecule has 1 saturated carbocycles. The predicted molar refractivity (Wildman–Crippen MR) is 68.4 cm³/mol. The maximum absolute atomic E-state index is 13.4. The number of carbonyl (C=O) groups excluding carboxylic acids is 1. The topological polar surface area (TPSA) is 54.9 Å². The first-order chi connectivity index (χ1) is 9.24. The van der Waals surface area contributed by atoms with Crippen LogP contribution in [0.5, 0.6) is 0 Å². The van der Waals surface area contributed by atoms with Gasteiger partial charge in [0.2, 0.25) is 0 Å². The Bertz CT molecular complexity index is 626. The van der Waals surface area contributed by atoms with E-state index in [2.05, 4.69) is 15.3 Å². The summed E-state index contributed by atoms with van der Waals surface area (Å²) in [5.74, 6) is -0.440. The van der Waals surface area contributed by atoms with Crippen LogP contribution in [0.15, 0.2) is 36.7 Å². The molecular formula is C14H12FN3O. The molecule has 1 heterocycles. The molecule has 0 spiro atoms. The van der Waals surface area contributed by atoms with E-state index in [0.717, 1.165) is 18.5 Å². The Labute approximate surface area is 109 Å². The van der Waals surface area contributed by atoms with Crippen molar-refractivity contribution in [1.29, 1.82) is 0 Å². The number of amides is 1. The summed E-state index contributed by atoms with van der Waals surface area (Å²) < 4.78 is 13.4. The minimum Gasteiger partial charge on any atom is -0.318 e. The molecule has 0 aliphatic heterocycles. The van der Waals surface area contributed by atoms with Gasteiger partial charge in [-0.05, 0) is 31.0 Å². The molecule has 0 radical (unpaired) electrons. The number of hydrogen-bond donors (Lipinski definition) is 1. The van der Waals surface area contributed by atoms with E-state index in [0.29, 0.717) is 5.92 Å². The van der Waals surface area contributed by atoms with Crippen molar-refractivity contribution in [3.05, 3.63) is 53.9 Å². The normalized spacial score (nSPS) is 14.2. The fourth-order valence-electron chi connectivity index (χ4n) is 1.85. The van der Waals surface area contributed by atoms with Crippen molar-refractivity contribution in [2.75, 3.05) is 5.32 Å². The van der Waals surface area contributed by atoms with Crippen molar-refractivity contribution in [2.24, 2.45) is 0 Å². The van der Waals surface area contributed by atoms with Crippen LogP contribution in [0.2, 0.25) is 0 Å². The van der Waals surface area contributed by atoms with Gasteiger partial charge in [0.15, 0.2) is 0 Å². The van der Waals surface area contributed by atoms with Crippen LogP contribution in [-0.2, 0) is 0 Å². The van der Waals surface area contributed by atoms with Gasteiger partial charge in [0.1, 0.15) is 17.8 Å². The second-order valence-electron chi connectivity index (χ2n) is 4.54. The third kappa shape index (κ3) is 2.59. The number of nitrogens with zero attached hydrogens (tertiary/aromatic N) is 2. The van der Waals surface area contributed by atoms with E-state index >= 15 is 0 Å². The average Bonchev–Trinajstić information content (AvgIpc) is 3.26. The Balaban J connectivity index is 1.80. The molecule has 1 fully saturated rings. The molecule has 2 aromatic rings. The first-order valence-electron chi connectivity index (χ1n) is 6.12. The van der Waals surface area contributed by atoms with E-state index in [1.165, 1.54) is 18.5 Å². The highest BCUT2D eigenvalue weighted by atomic mass is 19.1. The van der Waals surface area contributed by atoms with Crippen LogP contribution < -0.4 is 5.32 Å². The number of halogens is 1. The zero-order valence-corrected chi connectivity index (χ0v) is 10.1. The molecule has 4 nitrogen and oxygen atoms in total.